The number of thiophene rings is 1. The molecule has 3 aromatic rings. The Morgan fingerprint density at radius 2 is 2.00 bits per heavy atom. The van der Waals surface area contributed by atoms with E-state index in [-0.39, 0.29) is 12.5 Å². The molecule has 0 atom stereocenters. The molecule has 1 heterocycles. The predicted molar refractivity (Wildman–Crippen MR) is 92.9 cm³/mol. The summed E-state index contributed by atoms with van der Waals surface area (Å²) in [6.45, 7) is 0.153. The molecule has 0 saturated carbocycles. The Kier molecular flexibility index (Phi) is 4.66. The third-order valence-electron chi connectivity index (χ3n) is 3.30. The van der Waals surface area contributed by atoms with Crippen LogP contribution >= 0.6 is 27.3 Å². The van der Waals surface area contributed by atoms with Crippen molar-refractivity contribution in [1.29, 1.82) is 0 Å². The minimum Gasteiger partial charge on any atom is -0.507 e. The topological polar surface area (TPSA) is 38.7 Å². The number of benzene rings is 2. The molecular formula is C17H15BrO3S. The van der Waals surface area contributed by atoms with Gasteiger partial charge in [0.05, 0.1) is 4.47 Å². The maximum absolute atomic E-state index is 9.84. The smallest absolute Gasteiger partial charge is 0.188 e. The maximum atomic E-state index is 9.84. The number of ether oxygens (including phenoxy) is 2. The second kappa shape index (κ2) is 6.69. The van der Waals surface area contributed by atoms with Crippen molar-refractivity contribution < 1.29 is 14.6 Å². The van der Waals surface area contributed by atoms with Gasteiger partial charge >= 0.3 is 0 Å². The van der Waals surface area contributed by atoms with Crippen LogP contribution in [0, 0.1) is 0 Å². The van der Waals surface area contributed by atoms with E-state index < -0.39 is 0 Å². The number of fused-ring (bicyclic) bond motifs is 1. The average molecular weight is 379 g/mol. The number of phenolic OH excluding ortho intramolecular Hbond substituents is 1. The molecule has 1 aromatic heterocycles. The van der Waals surface area contributed by atoms with Crippen LogP contribution in [0.3, 0.4) is 0 Å². The van der Waals surface area contributed by atoms with Gasteiger partial charge in [0.1, 0.15) is 11.5 Å². The van der Waals surface area contributed by atoms with Crippen molar-refractivity contribution in [2.75, 3.05) is 13.9 Å². The fourth-order valence-corrected chi connectivity index (χ4v) is 3.77. The molecule has 3 nitrogen and oxygen atoms in total. The van der Waals surface area contributed by atoms with Crippen LogP contribution in [0.1, 0.15) is 10.4 Å². The van der Waals surface area contributed by atoms with Crippen LogP contribution in [0.2, 0.25) is 0 Å². The van der Waals surface area contributed by atoms with Gasteiger partial charge in [-0.2, -0.15) is 0 Å². The van der Waals surface area contributed by atoms with Gasteiger partial charge in [-0.1, -0.05) is 18.2 Å². The van der Waals surface area contributed by atoms with Crippen molar-refractivity contribution in [2.45, 2.75) is 6.42 Å². The van der Waals surface area contributed by atoms with Crippen molar-refractivity contribution in [2.24, 2.45) is 0 Å². The van der Waals surface area contributed by atoms with E-state index in [4.69, 9.17) is 9.47 Å². The minimum atomic E-state index is 0.153. The lowest BCUT2D eigenvalue weighted by molar-refractivity contribution is 0.0503. The lowest BCUT2D eigenvalue weighted by Gasteiger charge is -2.12. The molecule has 0 bridgehead atoms. The van der Waals surface area contributed by atoms with Crippen LogP contribution in [0.4, 0.5) is 0 Å². The van der Waals surface area contributed by atoms with Gasteiger partial charge in [-0.15, -0.1) is 11.3 Å². The number of hydrogen-bond acceptors (Lipinski definition) is 4. The highest BCUT2D eigenvalue weighted by Crippen LogP contribution is 2.35. The molecular weight excluding hydrogens is 364 g/mol. The van der Waals surface area contributed by atoms with Gasteiger partial charge in [-0.05, 0) is 39.5 Å². The van der Waals surface area contributed by atoms with Crippen LogP contribution in [0.25, 0.3) is 10.1 Å². The predicted octanol–water partition coefficient (Wildman–Crippen LogP) is 4.94. The lowest BCUT2D eigenvalue weighted by Crippen LogP contribution is -2.02. The number of halogens is 1. The van der Waals surface area contributed by atoms with E-state index in [0.717, 1.165) is 12.0 Å². The van der Waals surface area contributed by atoms with Gasteiger partial charge in [-0.3, -0.25) is 0 Å². The largest absolute Gasteiger partial charge is 0.507 e. The fraction of sp³-hybridized carbons (Fsp3) is 0.176. The third kappa shape index (κ3) is 3.27. The molecule has 0 radical (unpaired) electrons. The summed E-state index contributed by atoms with van der Waals surface area (Å²) in [4.78, 5) is 1.25. The Morgan fingerprint density at radius 1 is 1.18 bits per heavy atom. The number of phenols is 1. The van der Waals surface area contributed by atoms with Gasteiger partial charge in [0.25, 0.3) is 0 Å². The van der Waals surface area contributed by atoms with E-state index in [1.807, 2.05) is 18.2 Å². The summed E-state index contributed by atoms with van der Waals surface area (Å²) in [7, 11) is 1.57. The highest BCUT2D eigenvalue weighted by Gasteiger charge is 2.11. The van der Waals surface area contributed by atoms with Gasteiger partial charge < -0.3 is 14.6 Å². The summed E-state index contributed by atoms with van der Waals surface area (Å²) in [5.74, 6) is 0.797. The molecule has 0 aliphatic heterocycles. The van der Waals surface area contributed by atoms with Crippen LogP contribution in [0.15, 0.2) is 46.9 Å². The maximum Gasteiger partial charge on any atom is 0.188 e. The molecule has 3 rings (SSSR count). The lowest BCUT2D eigenvalue weighted by atomic mass is 10.1. The van der Waals surface area contributed by atoms with Crippen LogP contribution in [0.5, 0.6) is 11.5 Å². The number of rotatable bonds is 5. The van der Waals surface area contributed by atoms with E-state index in [1.54, 1.807) is 24.5 Å². The van der Waals surface area contributed by atoms with Gasteiger partial charge in [0.2, 0.25) is 0 Å². The third-order valence-corrected chi connectivity index (χ3v) is 5.05. The van der Waals surface area contributed by atoms with Crippen molar-refractivity contribution in [1.82, 2.24) is 0 Å². The Balaban J connectivity index is 1.94. The number of aromatic hydroxyl groups is 1. The highest BCUT2D eigenvalue weighted by molar-refractivity contribution is 9.10. The van der Waals surface area contributed by atoms with Gasteiger partial charge in [0, 0.05) is 34.7 Å². The van der Waals surface area contributed by atoms with Crippen LogP contribution in [-0.4, -0.2) is 19.0 Å². The standard InChI is InChI=1S/C17H15BrO3S/c1-20-10-21-16-9-15(19)14(18)8-12(16)7-13-6-11-4-2-3-5-17(11)22-13/h2-6,8-9,19H,7,10H2,1H3. The number of methoxy groups -OCH3 is 1. The van der Waals surface area contributed by atoms with Crippen molar-refractivity contribution in [3.63, 3.8) is 0 Å². The normalized spacial score (nSPS) is 11.0. The molecule has 0 fully saturated rings. The second-order valence-corrected chi connectivity index (χ2v) is 6.91. The first-order valence-electron chi connectivity index (χ1n) is 6.78. The molecule has 0 aliphatic carbocycles. The molecule has 2 aromatic carbocycles. The average Bonchev–Trinajstić information content (AvgIpc) is 2.91. The highest BCUT2D eigenvalue weighted by atomic mass is 79.9. The van der Waals surface area contributed by atoms with E-state index in [1.165, 1.54) is 15.0 Å². The van der Waals surface area contributed by atoms with E-state index in [2.05, 4.69) is 34.1 Å². The zero-order chi connectivity index (χ0) is 15.5. The summed E-state index contributed by atoms with van der Waals surface area (Å²) in [6.07, 6.45) is 0.747. The Bertz CT molecular complexity index is 765. The minimum absolute atomic E-state index is 0.153. The molecule has 0 spiro atoms. The summed E-state index contributed by atoms with van der Waals surface area (Å²) < 4.78 is 12.5. The molecule has 0 amide bonds. The Hall–Kier alpha value is -1.56. The molecule has 22 heavy (non-hydrogen) atoms. The first-order chi connectivity index (χ1) is 10.7. The zero-order valence-corrected chi connectivity index (χ0v) is 14.4. The monoisotopic (exact) mass is 378 g/mol. The first kappa shape index (κ1) is 15.3. The Labute approximate surface area is 141 Å². The van der Waals surface area contributed by atoms with Crippen molar-refractivity contribution >= 4 is 37.4 Å². The molecule has 0 unspecified atom stereocenters. The molecule has 5 heteroatoms. The summed E-state index contributed by atoms with van der Waals surface area (Å²) in [5.41, 5.74) is 1.01. The van der Waals surface area contributed by atoms with Gasteiger partial charge in [0.15, 0.2) is 6.79 Å². The molecule has 1 N–H and O–H groups in total. The first-order valence-corrected chi connectivity index (χ1v) is 8.39. The molecule has 0 aliphatic rings. The summed E-state index contributed by atoms with van der Waals surface area (Å²) in [6, 6.07) is 14.0. The summed E-state index contributed by atoms with van der Waals surface area (Å²) >= 11 is 5.13. The SMILES string of the molecule is COCOc1cc(O)c(Br)cc1Cc1cc2ccccc2s1. The fourth-order valence-electron chi connectivity index (χ4n) is 2.29. The summed E-state index contributed by atoms with van der Waals surface area (Å²) in [5, 5.41) is 11.1. The second-order valence-electron chi connectivity index (χ2n) is 4.89. The van der Waals surface area contributed by atoms with Crippen molar-refractivity contribution in [3.8, 4) is 11.5 Å². The number of hydrogen-bond donors (Lipinski definition) is 1. The van der Waals surface area contributed by atoms with E-state index in [0.29, 0.717) is 10.2 Å². The Morgan fingerprint density at radius 3 is 2.77 bits per heavy atom. The quantitative estimate of drug-likeness (QED) is 0.638. The van der Waals surface area contributed by atoms with Crippen molar-refractivity contribution in [3.05, 3.63) is 57.4 Å². The molecule has 0 saturated heterocycles. The van der Waals surface area contributed by atoms with Gasteiger partial charge in [-0.25, -0.2) is 0 Å². The zero-order valence-electron chi connectivity index (χ0n) is 12.0. The van der Waals surface area contributed by atoms with E-state index >= 15 is 0 Å². The molecule has 114 valence electrons. The van der Waals surface area contributed by atoms with E-state index in [9.17, 15) is 5.11 Å². The van der Waals surface area contributed by atoms with Crippen LogP contribution in [-0.2, 0) is 11.2 Å². The van der Waals surface area contributed by atoms with Crippen LogP contribution < -0.4 is 4.74 Å².